The smallest absolute Gasteiger partial charge is 0.209 e. The Labute approximate surface area is 119 Å². The molecule has 0 radical (unpaired) electrons. The first-order valence-corrected chi connectivity index (χ1v) is 6.69. The van der Waals surface area contributed by atoms with E-state index in [1.807, 2.05) is 36.0 Å². The summed E-state index contributed by atoms with van der Waals surface area (Å²) in [6.45, 7) is 4.05. The topological polar surface area (TPSA) is 31.2 Å². The Morgan fingerprint density at radius 2 is 2.00 bits per heavy atom. The number of allylic oxidation sites excluding steroid dienone is 1. The molecule has 0 N–H and O–H groups in total. The first-order valence-electron chi connectivity index (χ1n) is 6.69. The molecule has 0 spiro atoms. The summed E-state index contributed by atoms with van der Waals surface area (Å²) in [6, 6.07) is 9.09. The normalized spacial score (nSPS) is 10.9. The Morgan fingerprint density at radius 1 is 1.30 bits per heavy atom. The van der Waals surface area contributed by atoms with Crippen molar-refractivity contribution < 1.29 is 9.53 Å². The first kappa shape index (κ1) is 14.1. The van der Waals surface area contributed by atoms with Crippen LogP contribution in [-0.2, 0) is 0 Å². The van der Waals surface area contributed by atoms with Gasteiger partial charge < -0.3 is 9.30 Å². The molecule has 0 bridgehead atoms. The predicted molar refractivity (Wildman–Crippen MR) is 81.2 cm³/mol. The molecule has 0 saturated carbocycles. The van der Waals surface area contributed by atoms with Crippen molar-refractivity contribution >= 4 is 12.0 Å². The lowest BCUT2D eigenvalue weighted by atomic mass is 10.1. The van der Waals surface area contributed by atoms with Gasteiger partial charge in [-0.2, -0.15) is 0 Å². The number of carbonyl (C=O) groups excluding carboxylic acids is 1. The summed E-state index contributed by atoms with van der Waals surface area (Å²) in [6.07, 6.45) is 6.87. The summed E-state index contributed by atoms with van der Waals surface area (Å²) in [5.74, 6) is 0.764. The van der Waals surface area contributed by atoms with Gasteiger partial charge in [-0.1, -0.05) is 13.0 Å². The van der Waals surface area contributed by atoms with Gasteiger partial charge in [0.25, 0.3) is 0 Å². The summed E-state index contributed by atoms with van der Waals surface area (Å²) in [5.41, 5.74) is 2.41. The van der Waals surface area contributed by atoms with Gasteiger partial charge in [0, 0.05) is 18.0 Å². The summed E-state index contributed by atoms with van der Waals surface area (Å²) < 4.78 is 6.99. The van der Waals surface area contributed by atoms with Crippen molar-refractivity contribution in [3.63, 3.8) is 0 Å². The number of ether oxygens (including phenoxy) is 1. The summed E-state index contributed by atoms with van der Waals surface area (Å²) in [4.78, 5) is 12.5. The van der Waals surface area contributed by atoms with E-state index in [2.05, 4.69) is 6.92 Å². The highest BCUT2D eigenvalue weighted by molar-refractivity contribution is 6.08. The molecule has 3 nitrogen and oxygen atoms in total. The molecule has 0 unspecified atom stereocenters. The standard InChI is InChI=1S/C17H19NO2/c1-4-5-10-18-12-13(2)11-16(18)17(19)14-6-8-15(20-3)9-7-14/h5-12H,4H2,1-3H3/b10-5+. The number of methoxy groups -OCH3 is 1. The van der Waals surface area contributed by atoms with Crippen LogP contribution in [0.2, 0.25) is 0 Å². The van der Waals surface area contributed by atoms with Crippen LogP contribution in [0.1, 0.15) is 35.0 Å². The molecule has 0 aliphatic carbocycles. The van der Waals surface area contributed by atoms with Crippen LogP contribution in [0.3, 0.4) is 0 Å². The molecule has 104 valence electrons. The van der Waals surface area contributed by atoms with Crippen LogP contribution in [0.15, 0.2) is 42.6 Å². The van der Waals surface area contributed by atoms with Gasteiger partial charge in [-0.3, -0.25) is 4.79 Å². The number of nitrogens with zero attached hydrogens (tertiary/aromatic N) is 1. The molecule has 1 heterocycles. The van der Waals surface area contributed by atoms with Crippen LogP contribution in [0.25, 0.3) is 6.20 Å². The van der Waals surface area contributed by atoms with Crippen molar-refractivity contribution in [2.24, 2.45) is 0 Å². The SMILES string of the molecule is CC/C=C/n1cc(C)cc1C(=O)c1ccc(OC)cc1. The number of aromatic nitrogens is 1. The van der Waals surface area contributed by atoms with Crippen molar-refractivity contribution in [2.75, 3.05) is 7.11 Å². The lowest BCUT2D eigenvalue weighted by Crippen LogP contribution is -2.06. The van der Waals surface area contributed by atoms with Crippen LogP contribution in [0.4, 0.5) is 0 Å². The van der Waals surface area contributed by atoms with E-state index in [0.29, 0.717) is 11.3 Å². The highest BCUT2D eigenvalue weighted by atomic mass is 16.5. The molecule has 0 amide bonds. The van der Waals surface area contributed by atoms with Crippen molar-refractivity contribution in [3.05, 3.63) is 59.4 Å². The van der Waals surface area contributed by atoms with Crippen molar-refractivity contribution in [2.45, 2.75) is 20.3 Å². The van der Waals surface area contributed by atoms with E-state index in [0.717, 1.165) is 17.7 Å². The Morgan fingerprint density at radius 3 is 2.60 bits per heavy atom. The van der Waals surface area contributed by atoms with Crippen LogP contribution in [0, 0.1) is 6.92 Å². The number of ketones is 1. The summed E-state index contributed by atoms with van der Waals surface area (Å²) >= 11 is 0. The van der Waals surface area contributed by atoms with Crippen LogP contribution in [0.5, 0.6) is 5.75 Å². The van der Waals surface area contributed by atoms with Crippen molar-refractivity contribution in [1.82, 2.24) is 4.57 Å². The first-order chi connectivity index (χ1) is 9.65. The lowest BCUT2D eigenvalue weighted by Gasteiger charge is -2.05. The maximum atomic E-state index is 12.5. The number of carbonyl (C=O) groups is 1. The third-order valence-electron chi connectivity index (χ3n) is 3.07. The Kier molecular flexibility index (Phi) is 4.41. The van der Waals surface area contributed by atoms with E-state index >= 15 is 0 Å². The van der Waals surface area contributed by atoms with E-state index in [9.17, 15) is 4.79 Å². The Hall–Kier alpha value is -2.29. The third kappa shape index (κ3) is 2.99. The number of benzene rings is 1. The lowest BCUT2D eigenvalue weighted by molar-refractivity contribution is 0.103. The zero-order valence-electron chi connectivity index (χ0n) is 12.1. The second-order valence-corrected chi connectivity index (χ2v) is 4.66. The van der Waals surface area contributed by atoms with E-state index in [4.69, 9.17) is 4.74 Å². The van der Waals surface area contributed by atoms with Crippen LogP contribution < -0.4 is 4.74 Å². The molecule has 2 aromatic rings. The average molecular weight is 269 g/mol. The molecule has 20 heavy (non-hydrogen) atoms. The Bertz CT molecular complexity index is 621. The van der Waals surface area contributed by atoms with Gasteiger partial charge in [0.05, 0.1) is 12.8 Å². The molecule has 0 atom stereocenters. The highest BCUT2D eigenvalue weighted by Crippen LogP contribution is 2.17. The van der Waals surface area contributed by atoms with Gasteiger partial charge in [0.15, 0.2) is 0 Å². The predicted octanol–water partition coefficient (Wildman–Crippen LogP) is 3.92. The zero-order chi connectivity index (χ0) is 14.5. The van der Waals surface area contributed by atoms with Gasteiger partial charge in [-0.15, -0.1) is 0 Å². The van der Waals surface area contributed by atoms with E-state index in [1.54, 1.807) is 31.4 Å². The molecule has 3 heteroatoms. The molecule has 1 aromatic carbocycles. The van der Waals surface area contributed by atoms with E-state index < -0.39 is 0 Å². The van der Waals surface area contributed by atoms with Gasteiger partial charge in [-0.25, -0.2) is 0 Å². The van der Waals surface area contributed by atoms with Gasteiger partial charge in [-0.05, 0) is 49.2 Å². The van der Waals surface area contributed by atoms with Crippen LogP contribution in [-0.4, -0.2) is 17.5 Å². The highest BCUT2D eigenvalue weighted by Gasteiger charge is 2.13. The number of aryl methyl sites for hydroxylation is 1. The van der Waals surface area contributed by atoms with Crippen LogP contribution >= 0.6 is 0 Å². The molecule has 0 fully saturated rings. The largest absolute Gasteiger partial charge is 0.497 e. The minimum atomic E-state index is 0.0153. The Balaban J connectivity index is 2.34. The second kappa shape index (κ2) is 6.24. The van der Waals surface area contributed by atoms with Gasteiger partial charge in [0.2, 0.25) is 5.78 Å². The molecule has 0 saturated heterocycles. The molecule has 0 aliphatic rings. The van der Waals surface area contributed by atoms with E-state index in [-0.39, 0.29) is 5.78 Å². The molecule has 1 aromatic heterocycles. The fraction of sp³-hybridized carbons (Fsp3) is 0.235. The molecule has 2 rings (SSSR count). The second-order valence-electron chi connectivity index (χ2n) is 4.66. The van der Waals surface area contributed by atoms with Crippen molar-refractivity contribution in [3.8, 4) is 5.75 Å². The molecule has 0 aliphatic heterocycles. The number of hydrogen-bond acceptors (Lipinski definition) is 2. The number of hydrogen-bond donors (Lipinski definition) is 0. The zero-order valence-corrected chi connectivity index (χ0v) is 12.1. The average Bonchev–Trinajstić information content (AvgIpc) is 2.85. The minimum absolute atomic E-state index is 0.0153. The summed E-state index contributed by atoms with van der Waals surface area (Å²) in [5, 5.41) is 0. The third-order valence-corrected chi connectivity index (χ3v) is 3.07. The van der Waals surface area contributed by atoms with E-state index in [1.165, 1.54) is 0 Å². The monoisotopic (exact) mass is 269 g/mol. The molecular weight excluding hydrogens is 250 g/mol. The quantitative estimate of drug-likeness (QED) is 0.770. The van der Waals surface area contributed by atoms with Gasteiger partial charge in [0.1, 0.15) is 5.75 Å². The maximum absolute atomic E-state index is 12.5. The fourth-order valence-corrected chi connectivity index (χ4v) is 2.03. The number of rotatable bonds is 5. The molecular formula is C17H19NO2. The maximum Gasteiger partial charge on any atom is 0.209 e. The van der Waals surface area contributed by atoms with Crippen molar-refractivity contribution in [1.29, 1.82) is 0 Å². The summed E-state index contributed by atoms with van der Waals surface area (Å²) in [7, 11) is 1.61. The minimum Gasteiger partial charge on any atom is -0.497 e. The fourth-order valence-electron chi connectivity index (χ4n) is 2.03. The van der Waals surface area contributed by atoms with Gasteiger partial charge >= 0.3 is 0 Å².